The van der Waals surface area contributed by atoms with E-state index in [9.17, 15) is 0 Å². The summed E-state index contributed by atoms with van der Waals surface area (Å²) in [6.45, 7) is 9.80. The monoisotopic (exact) mass is 313 g/mol. The molecule has 0 aliphatic heterocycles. The van der Waals surface area contributed by atoms with E-state index in [-0.39, 0.29) is 6.10 Å². The van der Waals surface area contributed by atoms with Gasteiger partial charge in [0.1, 0.15) is 11.5 Å². The number of para-hydroxylation sites is 3. The highest BCUT2D eigenvalue weighted by Gasteiger charge is 2.07. The van der Waals surface area contributed by atoms with Crippen molar-refractivity contribution < 1.29 is 9.47 Å². The summed E-state index contributed by atoms with van der Waals surface area (Å²) in [5.74, 6) is 2.33. The van der Waals surface area contributed by atoms with Gasteiger partial charge >= 0.3 is 0 Å². The molecule has 0 fully saturated rings. The molecule has 124 valence electrons. The molecule has 0 saturated carbocycles. The van der Waals surface area contributed by atoms with Crippen molar-refractivity contribution in [3.8, 4) is 11.5 Å². The quantitative estimate of drug-likeness (QED) is 0.733. The first-order valence-electron chi connectivity index (χ1n) is 8.26. The number of hydrogen-bond acceptors (Lipinski definition) is 3. The minimum absolute atomic E-state index is 0.152. The summed E-state index contributed by atoms with van der Waals surface area (Å²) in [7, 11) is 0. The van der Waals surface area contributed by atoms with Crippen LogP contribution in [0.25, 0.3) is 0 Å². The lowest BCUT2D eigenvalue weighted by Gasteiger charge is -2.17. The fourth-order valence-corrected chi connectivity index (χ4v) is 2.21. The molecule has 0 radical (unpaired) electrons. The van der Waals surface area contributed by atoms with E-state index in [0.717, 1.165) is 29.4 Å². The van der Waals surface area contributed by atoms with E-state index in [0.29, 0.717) is 12.5 Å². The third-order valence-electron chi connectivity index (χ3n) is 3.26. The van der Waals surface area contributed by atoms with Crippen LogP contribution in [0.3, 0.4) is 0 Å². The van der Waals surface area contributed by atoms with Gasteiger partial charge in [0.25, 0.3) is 0 Å². The van der Waals surface area contributed by atoms with Gasteiger partial charge in [-0.05, 0) is 38.0 Å². The van der Waals surface area contributed by atoms with Gasteiger partial charge in [-0.15, -0.1) is 0 Å². The molecule has 0 heterocycles. The number of benzene rings is 2. The third-order valence-corrected chi connectivity index (χ3v) is 3.26. The van der Waals surface area contributed by atoms with Crippen LogP contribution in [-0.4, -0.2) is 12.7 Å². The predicted octanol–water partition coefficient (Wildman–Crippen LogP) is 5.12. The Morgan fingerprint density at radius 2 is 1.52 bits per heavy atom. The molecule has 0 unspecified atom stereocenters. The lowest BCUT2D eigenvalue weighted by molar-refractivity contribution is 0.243. The maximum atomic E-state index is 5.91. The molecule has 3 nitrogen and oxygen atoms in total. The van der Waals surface area contributed by atoms with E-state index in [1.165, 1.54) is 0 Å². The van der Waals surface area contributed by atoms with Crippen LogP contribution in [0.4, 0.5) is 5.69 Å². The van der Waals surface area contributed by atoms with Crippen molar-refractivity contribution in [3.63, 3.8) is 0 Å². The van der Waals surface area contributed by atoms with Gasteiger partial charge in [0, 0.05) is 12.1 Å². The highest BCUT2D eigenvalue weighted by Crippen LogP contribution is 2.27. The Hall–Kier alpha value is -2.16. The molecule has 2 aromatic rings. The first-order chi connectivity index (χ1) is 11.1. The van der Waals surface area contributed by atoms with Crippen LogP contribution in [0, 0.1) is 5.92 Å². The molecule has 2 rings (SSSR count). The van der Waals surface area contributed by atoms with E-state index >= 15 is 0 Å². The predicted molar refractivity (Wildman–Crippen MR) is 96.3 cm³/mol. The summed E-state index contributed by atoms with van der Waals surface area (Å²) in [6, 6.07) is 16.2. The number of hydrogen-bond donors (Lipinski definition) is 1. The zero-order chi connectivity index (χ0) is 16.7. The zero-order valence-corrected chi connectivity index (χ0v) is 14.5. The molecule has 0 saturated heterocycles. The highest BCUT2D eigenvalue weighted by atomic mass is 16.5. The Labute approximate surface area is 139 Å². The average molecular weight is 313 g/mol. The van der Waals surface area contributed by atoms with Crippen molar-refractivity contribution in [2.75, 3.05) is 11.9 Å². The largest absolute Gasteiger partial charge is 0.493 e. The molecular formula is C20H27NO2. The Morgan fingerprint density at radius 3 is 2.22 bits per heavy atom. The average Bonchev–Trinajstić information content (AvgIpc) is 2.52. The molecule has 0 amide bonds. The second-order valence-corrected chi connectivity index (χ2v) is 6.33. The molecule has 0 bridgehead atoms. The van der Waals surface area contributed by atoms with Gasteiger partial charge in [0.2, 0.25) is 0 Å². The number of anilines is 1. The Morgan fingerprint density at radius 1 is 0.870 bits per heavy atom. The van der Waals surface area contributed by atoms with Gasteiger partial charge in [-0.3, -0.25) is 0 Å². The summed E-state index contributed by atoms with van der Waals surface area (Å²) in [5, 5.41) is 3.46. The molecule has 0 spiro atoms. The van der Waals surface area contributed by atoms with E-state index in [1.54, 1.807) is 0 Å². The van der Waals surface area contributed by atoms with Crippen LogP contribution in [0.1, 0.15) is 33.3 Å². The maximum Gasteiger partial charge on any atom is 0.142 e. The molecule has 0 aromatic heterocycles. The van der Waals surface area contributed by atoms with Crippen LogP contribution in [0.5, 0.6) is 11.5 Å². The molecule has 0 atom stereocenters. The van der Waals surface area contributed by atoms with Gasteiger partial charge in [0.05, 0.1) is 18.4 Å². The summed E-state index contributed by atoms with van der Waals surface area (Å²) in [5.41, 5.74) is 2.15. The number of rotatable bonds is 8. The summed E-state index contributed by atoms with van der Waals surface area (Å²) in [6.07, 6.45) is 0.152. The lowest BCUT2D eigenvalue weighted by atomic mass is 10.2. The van der Waals surface area contributed by atoms with Crippen molar-refractivity contribution >= 4 is 5.69 Å². The molecule has 1 N–H and O–H groups in total. The summed E-state index contributed by atoms with van der Waals surface area (Å²) >= 11 is 0. The second kappa shape index (κ2) is 8.47. The molecule has 0 aliphatic carbocycles. The van der Waals surface area contributed by atoms with E-state index in [4.69, 9.17) is 9.47 Å². The van der Waals surface area contributed by atoms with Gasteiger partial charge < -0.3 is 14.8 Å². The van der Waals surface area contributed by atoms with Crippen LogP contribution in [0.15, 0.2) is 48.5 Å². The van der Waals surface area contributed by atoms with Gasteiger partial charge in [-0.1, -0.05) is 44.2 Å². The van der Waals surface area contributed by atoms with E-state index < -0.39 is 0 Å². The minimum atomic E-state index is 0.152. The van der Waals surface area contributed by atoms with Gasteiger partial charge in [0.15, 0.2) is 0 Å². The molecule has 0 aliphatic rings. The highest BCUT2D eigenvalue weighted by molar-refractivity contribution is 5.56. The van der Waals surface area contributed by atoms with Crippen LogP contribution in [0.2, 0.25) is 0 Å². The third kappa shape index (κ3) is 5.51. The topological polar surface area (TPSA) is 30.5 Å². The SMILES string of the molecule is CC(C)COc1ccccc1CNc1ccccc1OC(C)C. The van der Waals surface area contributed by atoms with Crippen LogP contribution in [-0.2, 0) is 6.54 Å². The standard InChI is InChI=1S/C20H27NO2/c1-15(2)14-22-19-11-7-5-9-17(19)13-21-18-10-6-8-12-20(18)23-16(3)4/h5-12,15-16,21H,13-14H2,1-4H3. The normalized spacial score (nSPS) is 10.9. The summed E-state index contributed by atoms with van der Waals surface area (Å²) in [4.78, 5) is 0. The molecular weight excluding hydrogens is 286 g/mol. The second-order valence-electron chi connectivity index (χ2n) is 6.33. The molecule has 3 heteroatoms. The van der Waals surface area contributed by atoms with Crippen molar-refractivity contribution in [1.29, 1.82) is 0 Å². The van der Waals surface area contributed by atoms with Crippen molar-refractivity contribution in [2.45, 2.75) is 40.3 Å². The molecule has 2 aromatic carbocycles. The maximum absolute atomic E-state index is 5.91. The van der Waals surface area contributed by atoms with Crippen molar-refractivity contribution in [3.05, 3.63) is 54.1 Å². The van der Waals surface area contributed by atoms with Crippen LogP contribution < -0.4 is 14.8 Å². The smallest absolute Gasteiger partial charge is 0.142 e. The Balaban J connectivity index is 2.06. The van der Waals surface area contributed by atoms with Gasteiger partial charge in [-0.2, -0.15) is 0 Å². The van der Waals surface area contributed by atoms with Crippen molar-refractivity contribution in [1.82, 2.24) is 0 Å². The first-order valence-corrected chi connectivity index (χ1v) is 8.26. The van der Waals surface area contributed by atoms with Crippen LogP contribution >= 0.6 is 0 Å². The zero-order valence-electron chi connectivity index (χ0n) is 14.5. The number of ether oxygens (including phenoxy) is 2. The van der Waals surface area contributed by atoms with E-state index in [2.05, 4.69) is 25.2 Å². The minimum Gasteiger partial charge on any atom is -0.493 e. The Bertz CT molecular complexity index is 608. The fraction of sp³-hybridized carbons (Fsp3) is 0.400. The first kappa shape index (κ1) is 17.2. The Kier molecular flexibility index (Phi) is 6.33. The number of nitrogens with one attached hydrogen (secondary N) is 1. The van der Waals surface area contributed by atoms with Gasteiger partial charge in [-0.25, -0.2) is 0 Å². The van der Waals surface area contributed by atoms with E-state index in [1.807, 2.05) is 56.3 Å². The molecule has 23 heavy (non-hydrogen) atoms. The fourth-order valence-electron chi connectivity index (χ4n) is 2.21. The lowest BCUT2D eigenvalue weighted by Crippen LogP contribution is -2.10. The van der Waals surface area contributed by atoms with Crippen molar-refractivity contribution in [2.24, 2.45) is 5.92 Å². The summed E-state index contributed by atoms with van der Waals surface area (Å²) < 4.78 is 11.8.